The molecule has 158 valence electrons. The number of halogens is 2. The number of hydrogen-bond acceptors (Lipinski definition) is 6. The predicted octanol–water partition coefficient (Wildman–Crippen LogP) is 5.17. The van der Waals surface area contributed by atoms with Crippen molar-refractivity contribution < 1.29 is 23.0 Å². The number of hydrogen-bond donors (Lipinski definition) is 1. The normalized spacial score (nSPS) is 12.1. The molecule has 0 unspecified atom stereocenters. The van der Waals surface area contributed by atoms with Crippen LogP contribution in [0.1, 0.15) is 29.2 Å². The Hall–Kier alpha value is -3.59. The third-order valence-corrected chi connectivity index (χ3v) is 5.40. The van der Waals surface area contributed by atoms with Gasteiger partial charge in [-0.3, -0.25) is 4.79 Å². The average Bonchev–Trinajstić information content (AvgIpc) is 3.19. The summed E-state index contributed by atoms with van der Waals surface area (Å²) in [5, 5.41) is 2.35. The number of esters is 1. The maximum Gasteiger partial charge on any atom is 0.387 e. The van der Waals surface area contributed by atoms with Crippen LogP contribution in [0, 0.1) is 0 Å². The van der Waals surface area contributed by atoms with Crippen molar-refractivity contribution in [2.75, 3.05) is 0 Å². The van der Waals surface area contributed by atoms with Crippen molar-refractivity contribution in [1.29, 1.82) is 0 Å². The van der Waals surface area contributed by atoms with Gasteiger partial charge >= 0.3 is 12.6 Å². The Morgan fingerprint density at radius 3 is 2.48 bits per heavy atom. The number of ether oxygens (including phenoxy) is 2. The van der Waals surface area contributed by atoms with Crippen molar-refractivity contribution in [2.24, 2.45) is 0 Å². The predicted molar refractivity (Wildman–Crippen MR) is 113 cm³/mol. The van der Waals surface area contributed by atoms with Crippen LogP contribution in [0.15, 0.2) is 64.8 Å². The van der Waals surface area contributed by atoms with Crippen molar-refractivity contribution in [3.63, 3.8) is 0 Å². The summed E-state index contributed by atoms with van der Waals surface area (Å²) in [4.78, 5) is 32.8. The first-order valence-corrected chi connectivity index (χ1v) is 10.1. The second kappa shape index (κ2) is 8.65. The van der Waals surface area contributed by atoms with E-state index in [9.17, 15) is 18.4 Å². The fourth-order valence-corrected chi connectivity index (χ4v) is 4.00. The van der Waals surface area contributed by atoms with Crippen molar-refractivity contribution in [3.8, 4) is 16.9 Å². The van der Waals surface area contributed by atoms with Gasteiger partial charge in [-0.1, -0.05) is 30.3 Å². The Morgan fingerprint density at radius 2 is 1.81 bits per heavy atom. The van der Waals surface area contributed by atoms with E-state index in [-0.39, 0.29) is 22.7 Å². The molecular weight excluding hydrogens is 426 g/mol. The Labute approximate surface area is 179 Å². The van der Waals surface area contributed by atoms with E-state index in [1.807, 2.05) is 35.7 Å². The summed E-state index contributed by atoms with van der Waals surface area (Å²) in [5.41, 5.74) is 1.53. The number of H-pyrrole nitrogens is 1. The summed E-state index contributed by atoms with van der Waals surface area (Å²) in [7, 11) is 0. The number of benzene rings is 2. The number of thiophene rings is 1. The number of alkyl halides is 2. The molecule has 2 heterocycles. The van der Waals surface area contributed by atoms with Crippen LogP contribution in [-0.2, 0) is 4.74 Å². The first-order valence-electron chi connectivity index (χ1n) is 9.25. The maximum absolute atomic E-state index is 12.7. The van der Waals surface area contributed by atoms with Crippen molar-refractivity contribution >= 4 is 27.5 Å². The Balaban J connectivity index is 1.55. The van der Waals surface area contributed by atoms with Gasteiger partial charge < -0.3 is 14.5 Å². The molecule has 9 heteroatoms. The molecule has 4 aromatic rings. The van der Waals surface area contributed by atoms with Gasteiger partial charge in [0.25, 0.3) is 5.56 Å². The van der Waals surface area contributed by atoms with E-state index < -0.39 is 18.7 Å². The maximum atomic E-state index is 12.7. The highest BCUT2D eigenvalue weighted by Crippen LogP contribution is 2.31. The molecule has 0 saturated carbocycles. The van der Waals surface area contributed by atoms with Crippen LogP contribution in [0.25, 0.3) is 21.3 Å². The number of aromatic amines is 1. The fraction of sp³-hybridized carbons (Fsp3) is 0.136. The van der Waals surface area contributed by atoms with E-state index in [1.54, 1.807) is 6.92 Å². The minimum atomic E-state index is -2.95. The summed E-state index contributed by atoms with van der Waals surface area (Å²) < 4.78 is 34.1. The van der Waals surface area contributed by atoms with Crippen LogP contribution in [0.4, 0.5) is 8.78 Å². The molecule has 0 fully saturated rings. The number of carbonyl (C=O) groups excluding carboxylic acids is 1. The monoisotopic (exact) mass is 442 g/mol. The van der Waals surface area contributed by atoms with E-state index in [2.05, 4.69) is 14.7 Å². The third-order valence-electron chi connectivity index (χ3n) is 4.53. The van der Waals surface area contributed by atoms with Gasteiger partial charge in [0.2, 0.25) is 0 Å². The third kappa shape index (κ3) is 4.46. The largest absolute Gasteiger partial charge is 0.451 e. The molecule has 0 spiro atoms. The summed E-state index contributed by atoms with van der Waals surface area (Å²) in [5.74, 6) is -0.539. The molecule has 2 aromatic carbocycles. The van der Waals surface area contributed by atoms with Crippen molar-refractivity contribution in [2.45, 2.75) is 19.6 Å². The number of nitrogens with zero attached hydrogens (tertiary/aromatic N) is 1. The lowest BCUT2D eigenvalue weighted by Gasteiger charge is -2.13. The van der Waals surface area contributed by atoms with E-state index in [0.717, 1.165) is 11.1 Å². The molecule has 0 radical (unpaired) electrons. The van der Waals surface area contributed by atoms with Crippen LogP contribution in [-0.4, -0.2) is 22.5 Å². The molecule has 0 aliphatic heterocycles. The Bertz CT molecular complexity index is 1270. The van der Waals surface area contributed by atoms with E-state index in [4.69, 9.17) is 4.74 Å². The zero-order valence-corrected chi connectivity index (χ0v) is 17.0. The second-order valence-electron chi connectivity index (χ2n) is 6.60. The molecule has 2 aromatic heterocycles. The molecule has 0 aliphatic rings. The highest BCUT2D eigenvalue weighted by molar-refractivity contribution is 7.17. The molecule has 1 N–H and O–H groups in total. The number of carbonyl (C=O) groups is 1. The Kier molecular flexibility index (Phi) is 5.77. The van der Waals surface area contributed by atoms with Gasteiger partial charge in [-0.15, -0.1) is 11.3 Å². The van der Waals surface area contributed by atoms with Gasteiger partial charge in [-0.05, 0) is 36.8 Å². The van der Waals surface area contributed by atoms with Crippen LogP contribution in [0.5, 0.6) is 5.75 Å². The van der Waals surface area contributed by atoms with Crippen LogP contribution in [0.2, 0.25) is 0 Å². The van der Waals surface area contributed by atoms with Gasteiger partial charge in [0.1, 0.15) is 10.6 Å². The molecule has 6 nitrogen and oxygen atoms in total. The first kappa shape index (κ1) is 20.7. The molecule has 0 amide bonds. The summed E-state index contributed by atoms with van der Waals surface area (Å²) >= 11 is 1.33. The lowest BCUT2D eigenvalue weighted by atomic mass is 10.1. The van der Waals surface area contributed by atoms with Gasteiger partial charge in [-0.25, -0.2) is 9.78 Å². The second-order valence-corrected chi connectivity index (χ2v) is 7.46. The number of nitrogens with one attached hydrogen (secondary N) is 1. The average molecular weight is 442 g/mol. The lowest BCUT2D eigenvalue weighted by molar-refractivity contribution is -0.0498. The van der Waals surface area contributed by atoms with Crippen molar-refractivity contribution in [1.82, 2.24) is 9.97 Å². The van der Waals surface area contributed by atoms with E-state index in [0.29, 0.717) is 10.2 Å². The summed E-state index contributed by atoms with van der Waals surface area (Å²) in [6.45, 7) is -1.36. The van der Waals surface area contributed by atoms with Crippen LogP contribution >= 0.6 is 11.3 Å². The quantitative estimate of drug-likeness (QED) is 0.417. The molecule has 0 bridgehead atoms. The highest BCUT2D eigenvalue weighted by atomic mass is 32.1. The van der Waals surface area contributed by atoms with Gasteiger partial charge in [0.15, 0.2) is 11.9 Å². The Morgan fingerprint density at radius 1 is 1.10 bits per heavy atom. The summed E-state index contributed by atoms with van der Waals surface area (Å²) in [6, 6.07) is 14.6. The SMILES string of the molecule is C[C@H](OC(=O)c1ccc(OC(F)F)cc1)c1nc2scc(-c3ccccc3)c2c(=O)[nH]1. The van der Waals surface area contributed by atoms with E-state index in [1.165, 1.54) is 35.6 Å². The van der Waals surface area contributed by atoms with Gasteiger partial charge in [0.05, 0.1) is 10.9 Å². The van der Waals surface area contributed by atoms with Gasteiger partial charge in [-0.2, -0.15) is 8.78 Å². The highest BCUT2D eigenvalue weighted by Gasteiger charge is 2.19. The number of aromatic nitrogens is 2. The smallest absolute Gasteiger partial charge is 0.387 e. The van der Waals surface area contributed by atoms with Gasteiger partial charge in [0, 0.05) is 10.9 Å². The van der Waals surface area contributed by atoms with Crippen LogP contribution in [0.3, 0.4) is 0 Å². The van der Waals surface area contributed by atoms with E-state index >= 15 is 0 Å². The molecule has 0 saturated heterocycles. The molecular formula is C22H16F2N2O4S. The summed E-state index contributed by atoms with van der Waals surface area (Å²) in [6.07, 6.45) is -0.830. The fourth-order valence-electron chi connectivity index (χ4n) is 3.05. The number of rotatable bonds is 6. The standard InChI is InChI=1S/C22H16F2N2O4S/c1-12(29-21(28)14-7-9-15(10-8-14)30-22(23)24)18-25-19(27)17-16(11-31-20(17)26-18)13-5-3-2-4-6-13/h2-12,22H,1H3,(H,25,26,27)/t12-/m0/s1. The zero-order chi connectivity index (χ0) is 22.0. The first-order chi connectivity index (χ1) is 14.9. The molecule has 4 rings (SSSR count). The zero-order valence-electron chi connectivity index (χ0n) is 16.2. The molecule has 31 heavy (non-hydrogen) atoms. The topological polar surface area (TPSA) is 81.3 Å². The molecule has 0 aliphatic carbocycles. The minimum absolute atomic E-state index is 0.0667. The van der Waals surface area contributed by atoms with Crippen molar-refractivity contribution in [3.05, 3.63) is 81.7 Å². The number of fused-ring (bicyclic) bond motifs is 1. The molecule has 1 atom stereocenters. The lowest BCUT2D eigenvalue weighted by Crippen LogP contribution is -2.17. The minimum Gasteiger partial charge on any atom is -0.451 e. The van der Waals surface area contributed by atoms with Crippen LogP contribution < -0.4 is 10.3 Å².